The van der Waals surface area contributed by atoms with Gasteiger partial charge in [-0.05, 0) is 31.9 Å². The summed E-state index contributed by atoms with van der Waals surface area (Å²) >= 11 is 1.36. The van der Waals surface area contributed by atoms with Gasteiger partial charge in [-0.1, -0.05) is 13.8 Å². The van der Waals surface area contributed by atoms with Crippen molar-refractivity contribution in [3.8, 4) is 5.75 Å². The van der Waals surface area contributed by atoms with Gasteiger partial charge in [0.25, 0.3) is 0 Å². The summed E-state index contributed by atoms with van der Waals surface area (Å²) in [7, 11) is 0. The summed E-state index contributed by atoms with van der Waals surface area (Å²) in [5.74, 6) is -1.62. The topological polar surface area (TPSA) is 62.7 Å². The number of benzene rings is 1. The number of aryl methyl sites for hydroxylation is 1. The van der Waals surface area contributed by atoms with Crippen LogP contribution in [-0.2, 0) is 17.0 Å². The number of likely N-dealkylation sites (tertiary alicyclic amines) is 1. The summed E-state index contributed by atoms with van der Waals surface area (Å²) in [6.07, 6.45) is 1.67. The third kappa shape index (κ3) is 4.93. The lowest BCUT2D eigenvalue weighted by atomic mass is 9.96. The molecule has 8 heteroatoms. The summed E-state index contributed by atoms with van der Waals surface area (Å²) in [5, 5.41) is 11.8. The van der Waals surface area contributed by atoms with Crippen molar-refractivity contribution in [2.24, 2.45) is 5.92 Å². The second kappa shape index (κ2) is 8.75. The maximum Gasteiger partial charge on any atom is 0.225 e. The number of carbonyl (C=O) groups is 1. The molecule has 29 heavy (non-hydrogen) atoms. The van der Waals surface area contributed by atoms with E-state index in [4.69, 9.17) is 4.74 Å². The smallest absolute Gasteiger partial charge is 0.225 e. The Morgan fingerprint density at radius 2 is 2.07 bits per heavy atom. The van der Waals surface area contributed by atoms with Crippen LogP contribution >= 0.6 is 11.3 Å². The van der Waals surface area contributed by atoms with Crippen molar-refractivity contribution >= 4 is 17.2 Å². The molecule has 0 saturated carbocycles. The van der Waals surface area contributed by atoms with E-state index in [2.05, 4.69) is 4.98 Å². The zero-order valence-electron chi connectivity index (χ0n) is 16.9. The van der Waals surface area contributed by atoms with E-state index in [-0.39, 0.29) is 24.2 Å². The summed E-state index contributed by atoms with van der Waals surface area (Å²) in [4.78, 5) is 19.5. The van der Waals surface area contributed by atoms with Crippen LogP contribution in [0.4, 0.5) is 8.78 Å². The average molecular weight is 425 g/mol. The monoisotopic (exact) mass is 424 g/mol. The van der Waals surface area contributed by atoms with Crippen LogP contribution in [0.3, 0.4) is 0 Å². The quantitative estimate of drug-likeness (QED) is 0.783. The zero-order chi connectivity index (χ0) is 21.2. The molecule has 158 valence electrons. The highest BCUT2D eigenvalue weighted by Gasteiger charge is 2.36. The number of aromatic nitrogens is 1. The van der Waals surface area contributed by atoms with Gasteiger partial charge >= 0.3 is 0 Å². The minimum Gasteiger partial charge on any atom is -0.488 e. The van der Waals surface area contributed by atoms with Gasteiger partial charge in [0, 0.05) is 31.5 Å². The zero-order valence-corrected chi connectivity index (χ0v) is 17.7. The molecule has 1 aromatic heterocycles. The van der Waals surface area contributed by atoms with Crippen LogP contribution in [0.2, 0.25) is 0 Å². The van der Waals surface area contributed by atoms with Crippen LogP contribution in [0.25, 0.3) is 0 Å². The minimum atomic E-state index is -1.08. The van der Waals surface area contributed by atoms with Crippen molar-refractivity contribution in [1.29, 1.82) is 0 Å². The molecular weight excluding hydrogens is 398 g/mol. The Hall–Kier alpha value is -2.06. The number of carbonyl (C=O) groups excluding carboxylic acids is 1. The first-order valence-corrected chi connectivity index (χ1v) is 10.6. The number of nitrogens with zero attached hydrogens (tertiary/aromatic N) is 2. The van der Waals surface area contributed by atoms with Gasteiger partial charge in [-0.3, -0.25) is 4.79 Å². The molecule has 5 nitrogen and oxygen atoms in total. The van der Waals surface area contributed by atoms with E-state index >= 15 is 0 Å². The fraction of sp³-hybridized carbons (Fsp3) is 0.524. The summed E-state index contributed by atoms with van der Waals surface area (Å²) in [6, 6.07) is 3.40. The Morgan fingerprint density at radius 3 is 2.76 bits per heavy atom. The van der Waals surface area contributed by atoms with E-state index in [1.165, 1.54) is 17.4 Å². The molecule has 0 radical (unpaired) electrons. The van der Waals surface area contributed by atoms with E-state index in [1.807, 2.05) is 25.7 Å². The predicted molar refractivity (Wildman–Crippen MR) is 107 cm³/mol. The first kappa shape index (κ1) is 21.6. The van der Waals surface area contributed by atoms with Crippen LogP contribution in [0.5, 0.6) is 5.75 Å². The molecule has 1 unspecified atom stereocenters. The summed E-state index contributed by atoms with van der Waals surface area (Å²) in [6.45, 7) is 6.87. The lowest BCUT2D eigenvalue weighted by Gasteiger charge is -2.25. The Balaban J connectivity index is 1.69. The number of thiazole rings is 1. The van der Waals surface area contributed by atoms with Crippen molar-refractivity contribution in [1.82, 2.24) is 9.88 Å². The van der Waals surface area contributed by atoms with Crippen LogP contribution in [0, 0.1) is 24.5 Å². The number of hydrogen-bond donors (Lipinski definition) is 1. The number of hydrogen-bond acceptors (Lipinski definition) is 5. The number of amides is 1. The first-order chi connectivity index (χ1) is 13.7. The number of halogens is 2. The van der Waals surface area contributed by atoms with Crippen molar-refractivity contribution in [3.63, 3.8) is 0 Å². The molecular formula is C21H26F2N2O3S. The van der Waals surface area contributed by atoms with Gasteiger partial charge in [-0.2, -0.15) is 0 Å². The van der Waals surface area contributed by atoms with Crippen molar-refractivity contribution in [2.45, 2.75) is 52.2 Å². The standard InChI is InChI=1S/C21H26F2N2O3S/c1-13(2)19(26)25-9-4-7-21(27,8-10-25)20-24-14(3)18(29-20)12-28-15-5-6-16(22)17(23)11-15/h5-6,11,13,27H,4,7-10,12H2,1-3H3. The Kier molecular flexibility index (Phi) is 6.53. The Labute approximate surface area is 173 Å². The lowest BCUT2D eigenvalue weighted by molar-refractivity contribution is -0.134. The summed E-state index contributed by atoms with van der Waals surface area (Å²) < 4.78 is 31.9. The SMILES string of the molecule is Cc1nc(C2(O)CCCN(C(=O)C(C)C)CC2)sc1COc1ccc(F)c(F)c1. The molecule has 1 fully saturated rings. The number of ether oxygens (including phenoxy) is 1. The van der Waals surface area contributed by atoms with Crippen LogP contribution in [0.15, 0.2) is 18.2 Å². The highest BCUT2D eigenvalue weighted by molar-refractivity contribution is 7.11. The molecule has 0 aliphatic carbocycles. The maximum atomic E-state index is 13.3. The fourth-order valence-corrected chi connectivity index (χ4v) is 4.52. The minimum absolute atomic E-state index is 0.0663. The fourth-order valence-electron chi connectivity index (χ4n) is 3.39. The second-order valence-electron chi connectivity index (χ2n) is 7.76. The average Bonchev–Trinajstić information content (AvgIpc) is 2.94. The highest BCUT2D eigenvalue weighted by Crippen LogP contribution is 2.37. The van der Waals surface area contributed by atoms with Crippen LogP contribution in [0.1, 0.15) is 48.7 Å². The molecule has 1 aromatic carbocycles. The third-order valence-corrected chi connectivity index (χ3v) is 6.50. The van der Waals surface area contributed by atoms with Crippen molar-refractivity contribution in [2.75, 3.05) is 13.1 Å². The van der Waals surface area contributed by atoms with Gasteiger partial charge in [0.05, 0.1) is 10.6 Å². The molecule has 0 spiro atoms. The van der Waals surface area contributed by atoms with Crippen LogP contribution in [-0.4, -0.2) is 34.0 Å². The normalized spacial score (nSPS) is 20.0. The molecule has 2 aromatic rings. The van der Waals surface area contributed by atoms with Gasteiger partial charge in [-0.25, -0.2) is 13.8 Å². The van der Waals surface area contributed by atoms with Gasteiger partial charge < -0.3 is 14.7 Å². The molecule has 1 atom stereocenters. The van der Waals surface area contributed by atoms with E-state index in [0.29, 0.717) is 37.4 Å². The van der Waals surface area contributed by atoms with E-state index in [0.717, 1.165) is 22.7 Å². The van der Waals surface area contributed by atoms with Crippen molar-refractivity contribution < 1.29 is 23.4 Å². The first-order valence-electron chi connectivity index (χ1n) is 9.75. The third-order valence-electron chi connectivity index (χ3n) is 5.17. The van der Waals surface area contributed by atoms with Gasteiger partial charge in [0.2, 0.25) is 5.91 Å². The maximum absolute atomic E-state index is 13.3. The van der Waals surface area contributed by atoms with E-state index < -0.39 is 17.2 Å². The number of rotatable bonds is 5. The van der Waals surface area contributed by atoms with Crippen LogP contribution < -0.4 is 4.74 Å². The Morgan fingerprint density at radius 1 is 1.31 bits per heavy atom. The molecule has 1 aliphatic rings. The predicted octanol–water partition coefficient (Wildman–Crippen LogP) is 4.16. The highest BCUT2D eigenvalue weighted by atomic mass is 32.1. The van der Waals surface area contributed by atoms with Gasteiger partial charge in [-0.15, -0.1) is 11.3 Å². The second-order valence-corrected chi connectivity index (χ2v) is 8.84. The molecule has 0 bridgehead atoms. The molecule has 1 aliphatic heterocycles. The molecule has 1 N–H and O–H groups in total. The molecule has 2 heterocycles. The van der Waals surface area contributed by atoms with Gasteiger partial charge in [0.1, 0.15) is 23.0 Å². The molecule has 1 saturated heterocycles. The van der Waals surface area contributed by atoms with E-state index in [9.17, 15) is 18.7 Å². The largest absolute Gasteiger partial charge is 0.488 e. The van der Waals surface area contributed by atoms with Gasteiger partial charge in [0.15, 0.2) is 11.6 Å². The van der Waals surface area contributed by atoms with E-state index in [1.54, 1.807) is 0 Å². The Bertz CT molecular complexity index is 887. The lowest BCUT2D eigenvalue weighted by Crippen LogP contribution is -2.36. The van der Waals surface area contributed by atoms with Crippen molar-refractivity contribution in [3.05, 3.63) is 45.4 Å². The molecule has 3 rings (SSSR count). The molecule has 1 amide bonds. The number of aliphatic hydroxyl groups is 1. The summed E-state index contributed by atoms with van der Waals surface area (Å²) in [5.41, 5.74) is -0.345.